The largest absolute Gasteiger partial charge is 0.480 e. The number of halogens is 2. The number of nitrogens with zero attached hydrogens (tertiary/aromatic N) is 1. The molecule has 0 fully saturated rings. The topological polar surface area (TPSA) is 118 Å². The molecule has 1 heterocycles. The predicted molar refractivity (Wildman–Crippen MR) is 161 cm³/mol. The van der Waals surface area contributed by atoms with Gasteiger partial charge in [-0.1, -0.05) is 45.4 Å². The number of rotatable bonds is 6. The highest BCUT2D eigenvalue weighted by molar-refractivity contribution is 9.10. The molecule has 0 saturated carbocycles. The molecular formula is C31H31BrClNO7S. The molecule has 3 aliphatic rings. The Hall–Kier alpha value is -2.95. The van der Waals surface area contributed by atoms with E-state index in [0.29, 0.717) is 50.4 Å². The number of ketones is 2. The van der Waals surface area contributed by atoms with Crippen LogP contribution in [0.5, 0.6) is 5.75 Å². The van der Waals surface area contributed by atoms with Crippen molar-refractivity contribution < 1.29 is 32.1 Å². The van der Waals surface area contributed by atoms with Gasteiger partial charge in [0.25, 0.3) is 0 Å². The fourth-order valence-corrected chi connectivity index (χ4v) is 7.90. The van der Waals surface area contributed by atoms with Crippen molar-refractivity contribution in [2.45, 2.75) is 64.2 Å². The lowest BCUT2D eigenvalue weighted by Crippen LogP contribution is -2.45. The average Bonchev–Trinajstić information content (AvgIpc) is 2.84. The van der Waals surface area contributed by atoms with Crippen molar-refractivity contribution in [2.75, 3.05) is 6.54 Å². The minimum atomic E-state index is -4.17. The fraction of sp³-hybridized carbons (Fsp3) is 0.387. The van der Waals surface area contributed by atoms with Gasteiger partial charge in [-0.15, -0.1) is 0 Å². The standard InChI is InChI=1S/C31H31BrClNO7S/c1-30(2)12-21-28(23(35)14-30)27(29-22(34(21)16-26(37)38)13-31(3,4)15-24(29)36)17-5-10-25(20(32)11-17)41-42(39,40)19-8-6-18(33)7-9-19/h5-11,27H,12-16H2,1-4H3,(H,37,38). The maximum Gasteiger partial charge on any atom is 0.339 e. The molecule has 0 atom stereocenters. The number of Topliss-reactive ketones (excluding diaryl/α,β-unsaturated/α-hetero) is 2. The first-order valence-electron chi connectivity index (χ1n) is 13.5. The second kappa shape index (κ2) is 10.6. The quantitative estimate of drug-likeness (QED) is 0.339. The SMILES string of the molecule is CC1(C)CC(=O)C2=C(C1)N(CC(=O)O)C1=C(C(=O)CC(C)(C)C1)C2c1ccc(OS(=O)(=O)c2ccc(Cl)cc2)c(Br)c1. The maximum atomic E-state index is 13.8. The molecule has 2 aromatic carbocycles. The van der Waals surface area contributed by atoms with Crippen LogP contribution in [0.2, 0.25) is 5.02 Å². The highest BCUT2D eigenvalue weighted by Gasteiger charge is 2.49. The summed E-state index contributed by atoms with van der Waals surface area (Å²) in [6.45, 7) is 7.56. The molecule has 0 unspecified atom stereocenters. The molecule has 42 heavy (non-hydrogen) atoms. The minimum Gasteiger partial charge on any atom is -0.480 e. The van der Waals surface area contributed by atoms with E-state index >= 15 is 0 Å². The van der Waals surface area contributed by atoms with Gasteiger partial charge in [0, 0.05) is 46.3 Å². The fourth-order valence-electron chi connectivity index (χ4n) is 6.24. The zero-order chi connectivity index (χ0) is 30.8. The van der Waals surface area contributed by atoms with E-state index in [9.17, 15) is 27.9 Å². The van der Waals surface area contributed by atoms with Crippen molar-refractivity contribution in [1.29, 1.82) is 0 Å². The molecule has 2 aromatic rings. The summed E-state index contributed by atoms with van der Waals surface area (Å²) in [7, 11) is -4.17. The third-order valence-corrected chi connectivity index (χ3v) is 10.0. The van der Waals surface area contributed by atoms with Gasteiger partial charge in [-0.05, 0) is 81.6 Å². The lowest BCUT2D eigenvalue weighted by atomic mass is 9.63. The molecule has 0 saturated heterocycles. The maximum absolute atomic E-state index is 13.8. The Bertz CT molecular complexity index is 1640. The van der Waals surface area contributed by atoms with Gasteiger partial charge in [-0.2, -0.15) is 8.42 Å². The van der Waals surface area contributed by atoms with E-state index in [0.717, 1.165) is 0 Å². The van der Waals surface area contributed by atoms with E-state index in [1.54, 1.807) is 17.0 Å². The van der Waals surface area contributed by atoms with E-state index in [2.05, 4.69) is 15.9 Å². The Labute approximate surface area is 258 Å². The third-order valence-electron chi connectivity index (χ3n) is 7.91. The average molecular weight is 677 g/mol. The van der Waals surface area contributed by atoms with Crippen LogP contribution >= 0.6 is 27.5 Å². The number of carbonyl (C=O) groups is 3. The van der Waals surface area contributed by atoms with Gasteiger partial charge in [-0.3, -0.25) is 14.4 Å². The highest BCUT2D eigenvalue weighted by atomic mass is 79.9. The number of hydrogen-bond donors (Lipinski definition) is 1. The smallest absolute Gasteiger partial charge is 0.339 e. The predicted octanol–water partition coefficient (Wildman–Crippen LogP) is 6.64. The molecule has 0 aromatic heterocycles. The van der Waals surface area contributed by atoms with Crippen molar-refractivity contribution in [3.8, 4) is 5.75 Å². The van der Waals surface area contributed by atoms with Crippen LogP contribution in [-0.4, -0.2) is 42.5 Å². The first-order chi connectivity index (χ1) is 19.5. The van der Waals surface area contributed by atoms with Crippen molar-refractivity contribution >= 4 is 55.2 Å². The summed E-state index contributed by atoms with van der Waals surface area (Å²) in [5, 5.41) is 10.2. The number of carboxylic acids is 1. The second-order valence-electron chi connectivity index (χ2n) is 12.7. The van der Waals surface area contributed by atoms with Crippen molar-refractivity contribution in [1.82, 2.24) is 4.90 Å². The number of hydrogen-bond acceptors (Lipinski definition) is 7. The molecule has 5 rings (SSSR count). The van der Waals surface area contributed by atoms with Gasteiger partial charge in [0.15, 0.2) is 17.3 Å². The van der Waals surface area contributed by atoms with Gasteiger partial charge >= 0.3 is 16.1 Å². The van der Waals surface area contributed by atoms with Crippen LogP contribution < -0.4 is 4.18 Å². The van der Waals surface area contributed by atoms with Crippen LogP contribution in [0.3, 0.4) is 0 Å². The molecule has 2 aliphatic carbocycles. The van der Waals surface area contributed by atoms with Gasteiger partial charge in [0.1, 0.15) is 11.4 Å². The lowest BCUT2D eigenvalue weighted by molar-refractivity contribution is -0.138. The number of benzene rings is 2. The molecule has 0 amide bonds. The Kier molecular flexibility index (Phi) is 7.73. The lowest BCUT2D eigenvalue weighted by Gasteiger charge is -2.48. The summed E-state index contributed by atoms with van der Waals surface area (Å²) in [5.74, 6) is -2.00. The molecule has 8 nitrogen and oxygen atoms in total. The summed E-state index contributed by atoms with van der Waals surface area (Å²) >= 11 is 9.33. The van der Waals surface area contributed by atoms with Gasteiger partial charge in [0.05, 0.1) is 4.47 Å². The normalized spacial score (nSPS) is 20.4. The van der Waals surface area contributed by atoms with Gasteiger partial charge in [-0.25, -0.2) is 0 Å². The van der Waals surface area contributed by atoms with Gasteiger partial charge in [0.2, 0.25) is 0 Å². The number of aliphatic carboxylic acids is 1. The molecule has 0 bridgehead atoms. The zero-order valence-corrected chi connectivity index (χ0v) is 26.8. The summed E-state index contributed by atoms with van der Waals surface area (Å²) in [6, 6.07) is 10.4. The van der Waals surface area contributed by atoms with Gasteiger partial charge < -0.3 is 14.2 Å². The first-order valence-corrected chi connectivity index (χ1v) is 16.1. The highest BCUT2D eigenvalue weighted by Crippen LogP contribution is 2.54. The molecule has 0 spiro atoms. The Morgan fingerprint density at radius 2 is 1.48 bits per heavy atom. The van der Waals surface area contributed by atoms with Crippen LogP contribution in [0, 0.1) is 10.8 Å². The first kappa shape index (κ1) is 30.5. The molecule has 1 N–H and O–H groups in total. The van der Waals surface area contributed by atoms with E-state index in [4.69, 9.17) is 15.8 Å². The van der Waals surface area contributed by atoms with E-state index in [1.807, 2.05) is 27.7 Å². The van der Waals surface area contributed by atoms with E-state index < -0.39 is 32.8 Å². The summed E-state index contributed by atoms with van der Waals surface area (Å²) in [5.41, 5.74) is 1.95. The van der Waals surface area contributed by atoms with E-state index in [1.165, 1.54) is 30.3 Å². The van der Waals surface area contributed by atoms with Crippen molar-refractivity contribution in [3.63, 3.8) is 0 Å². The monoisotopic (exact) mass is 675 g/mol. The Balaban J connectivity index is 1.64. The summed E-state index contributed by atoms with van der Waals surface area (Å²) < 4.78 is 31.6. The Morgan fingerprint density at radius 1 is 0.952 bits per heavy atom. The minimum absolute atomic E-state index is 0.0348. The van der Waals surface area contributed by atoms with Crippen LogP contribution in [-0.2, 0) is 24.5 Å². The van der Waals surface area contributed by atoms with Crippen LogP contribution in [0.1, 0.15) is 64.9 Å². The molecule has 222 valence electrons. The molecular weight excluding hydrogens is 646 g/mol. The summed E-state index contributed by atoms with van der Waals surface area (Å²) in [6.07, 6.45) is 1.47. The second-order valence-corrected chi connectivity index (χ2v) is 15.5. The van der Waals surface area contributed by atoms with Crippen LogP contribution in [0.25, 0.3) is 0 Å². The van der Waals surface area contributed by atoms with Crippen molar-refractivity contribution in [2.24, 2.45) is 10.8 Å². The van der Waals surface area contributed by atoms with Crippen molar-refractivity contribution in [3.05, 3.63) is 80.1 Å². The number of allylic oxidation sites excluding steroid dienone is 4. The summed E-state index contributed by atoms with van der Waals surface area (Å²) in [4.78, 5) is 41.3. The number of carbonyl (C=O) groups excluding carboxylic acids is 2. The molecule has 0 radical (unpaired) electrons. The molecule has 11 heteroatoms. The zero-order valence-electron chi connectivity index (χ0n) is 23.7. The molecule has 1 aliphatic heterocycles. The van der Waals surface area contributed by atoms with E-state index in [-0.39, 0.29) is 41.6 Å². The number of carboxylic acid groups (broad SMARTS) is 1. The third kappa shape index (κ3) is 5.81. The Morgan fingerprint density at radius 3 is 1.95 bits per heavy atom. The van der Waals surface area contributed by atoms with Crippen LogP contribution in [0.15, 0.2) is 74.4 Å². The van der Waals surface area contributed by atoms with Crippen LogP contribution in [0.4, 0.5) is 0 Å².